The summed E-state index contributed by atoms with van der Waals surface area (Å²) in [6.07, 6.45) is 33.3. The van der Waals surface area contributed by atoms with E-state index in [4.69, 9.17) is 0 Å². The lowest BCUT2D eigenvalue weighted by molar-refractivity contribution is 0.482. The quantitative estimate of drug-likeness (QED) is 0.297. The van der Waals surface area contributed by atoms with E-state index in [1.165, 1.54) is 89.6 Å². The van der Waals surface area contributed by atoms with E-state index >= 15 is 0 Å². The van der Waals surface area contributed by atoms with Gasteiger partial charge in [0.2, 0.25) is 0 Å². The SMILES string of the molecule is c1ccc(N(CP(C2CCCCC2)C2CCCCC2)CP(C2CCCCC2)C2CCCCC2)cc1. The number of benzene rings is 1. The van der Waals surface area contributed by atoms with Crippen molar-refractivity contribution in [1.29, 1.82) is 0 Å². The molecule has 0 saturated heterocycles. The minimum absolute atomic E-state index is 0.111. The molecule has 4 aliphatic rings. The van der Waals surface area contributed by atoms with Gasteiger partial charge in [0, 0.05) is 18.3 Å². The van der Waals surface area contributed by atoms with E-state index < -0.39 is 0 Å². The summed E-state index contributed by atoms with van der Waals surface area (Å²) in [5, 5.41) is 0. The molecule has 0 aromatic heterocycles. The Bertz CT molecular complexity index is 622. The first-order chi connectivity index (χ1) is 17.4. The second kappa shape index (κ2) is 14.1. The van der Waals surface area contributed by atoms with Crippen LogP contribution in [0.5, 0.6) is 0 Å². The Morgan fingerprint density at radius 3 is 1.09 bits per heavy atom. The molecular formula is C32H53NP2. The van der Waals surface area contributed by atoms with Crippen LogP contribution in [-0.4, -0.2) is 35.2 Å². The molecular weight excluding hydrogens is 460 g/mol. The third-order valence-corrected chi connectivity index (χ3v) is 17.1. The second-order valence-corrected chi connectivity index (χ2v) is 17.9. The number of para-hydroxylation sites is 1. The predicted octanol–water partition coefficient (Wildman–Crippen LogP) is 10.7. The van der Waals surface area contributed by atoms with E-state index in [1.807, 2.05) is 0 Å². The molecule has 0 spiro atoms. The third kappa shape index (κ3) is 7.47. The topological polar surface area (TPSA) is 3.24 Å². The average Bonchev–Trinajstić information content (AvgIpc) is 2.95. The molecule has 0 bridgehead atoms. The summed E-state index contributed by atoms with van der Waals surface area (Å²) in [7, 11) is 0.222. The predicted molar refractivity (Wildman–Crippen MR) is 160 cm³/mol. The number of hydrogen-bond acceptors (Lipinski definition) is 1. The normalized spacial score (nSPS) is 24.3. The molecule has 0 atom stereocenters. The van der Waals surface area contributed by atoms with Crippen LogP contribution in [-0.2, 0) is 0 Å². The summed E-state index contributed by atoms with van der Waals surface area (Å²) in [5.41, 5.74) is 5.80. The first-order valence-corrected chi connectivity index (χ1v) is 19.0. The van der Waals surface area contributed by atoms with Gasteiger partial charge < -0.3 is 4.90 Å². The number of anilines is 1. The Morgan fingerprint density at radius 2 is 0.771 bits per heavy atom. The maximum atomic E-state index is 3.02. The minimum atomic E-state index is 0.111. The third-order valence-electron chi connectivity index (χ3n) is 9.96. The van der Waals surface area contributed by atoms with Gasteiger partial charge in [-0.25, -0.2) is 0 Å². The van der Waals surface area contributed by atoms with E-state index in [0.29, 0.717) is 0 Å². The van der Waals surface area contributed by atoms with Gasteiger partial charge in [-0.1, -0.05) is 111 Å². The zero-order chi connectivity index (χ0) is 23.7. The molecule has 4 aliphatic carbocycles. The zero-order valence-corrected chi connectivity index (χ0v) is 24.4. The summed E-state index contributed by atoms with van der Waals surface area (Å²) in [6.45, 7) is 0. The lowest BCUT2D eigenvalue weighted by Crippen LogP contribution is -2.34. The molecule has 35 heavy (non-hydrogen) atoms. The summed E-state index contributed by atoms with van der Waals surface area (Å²) in [4.78, 5) is 3.02. The maximum absolute atomic E-state index is 3.02. The Kier molecular flexibility index (Phi) is 10.7. The highest BCUT2D eigenvalue weighted by molar-refractivity contribution is 7.60. The lowest BCUT2D eigenvalue weighted by Gasteiger charge is -2.45. The van der Waals surface area contributed by atoms with Crippen LogP contribution in [0.3, 0.4) is 0 Å². The average molecular weight is 514 g/mol. The molecule has 0 radical (unpaired) electrons. The lowest BCUT2D eigenvalue weighted by atomic mass is 9.99. The maximum Gasteiger partial charge on any atom is 0.0385 e. The summed E-state index contributed by atoms with van der Waals surface area (Å²) < 4.78 is 0. The molecule has 196 valence electrons. The van der Waals surface area contributed by atoms with Crippen LogP contribution in [0, 0.1) is 0 Å². The van der Waals surface area contributed by atoms with E-state index in [-0.39, 0.29) is 15.8 Å². The van der Waals surface area contributed by atoms with Crippen molar-refractivity contribution < 1.29 is 0 Å². The Hall–Kier alpha value is -0.120. The van der Waals surface area contributed by atoms with E-state index in [0.717, 1.165) is 22.6 Å². The first-order valence-electron chi connectivity index (χ1n) is 15.7. The van der Waals surface area contributed by atoms with Gasteiger partial charge in [0.1, 0.15) is 0 Å². The molecule has 0 aliphatic heterocycles. The Labute approximate surface area is 220 Å². The van der Waals surface area contributed by atoms with Crippen molar-refractivity contribution in [2.24, 2.45) is 0 Å². The van der Waals surface area contributed by atoms with Gasteiger partial charge >= 0.3 is 0 Å². The van der Waals surface area contributed by atoms with Crippen molar-refractivity contribution in [2.75, 3.05) is 17.5 Å². The van der Waals surface area contributed by atoms with Crippen LogP contribution in [0.2, 0.25) is 0 Å². The van der Waals surface area contributed by atoms with E-state index in [2.05, 4.69) is 35.2 Å². The van der Waals surface area contributed by atoms with Crippen molar-refractivity contribution in [3.63, 3.8) is 0 Å². The van der Waals surface area contributed by atoms with Gasteiger partial charge in [0.25, 0.3) is 0 Å². The molecule has 0 amide bonds. The van der Waals surface area contributed by atoms with Crippen molar-refractivity contribution in [2.45, 2.75) is 151 Å². The van der Waals surface area contributed by atoms with Crippen LogP contribution in [0.15, 0.2) is 30.3 Å². The van der Waals surface area contributed by atoms with Gasteiger partial charge in [0.15, 0.2) is 0 Å². The van der Waals surface area contributed by atoms with E-state index in [1.54, 1.807) is 57.1 Å². The molecule has 0 N–H and O–H groups in total. The Balaban J connectivity index is 1.39. The fourth-order valence-electron chi connectivity index (χ4n) is 7.95. The molecule has 1 nitrogen and oxygen atoms in total. The fraction of sp³-hybridized carbons (Fsp3) is 0.812. The van der Waals surface area contributed by atoms with Crippen LogP contribution in [0.1, 0.15) is 128 Å². The molecule has 0 unspecified atom stereocenters. The van der Waals surface area contributed by atoms with Crippen LogP contribution in [0.4, 0.5) is 5.69 Å². The van der Waals surface area contributed by atoms with Gasteiger partial charge in [-0.15, -0.1) is 0 Å². The van der Waals surface area contributed by atoms with Crippen LogP contribution >= 0.6 is 15.8 Å². The van der Waals surface area contributed by atoms with Gasteiger partial charge in [-0.05, 0) is 86.1 Å². The summed E-state index contributed by atoms with van der Waals surface area (Å²) in [6, 6.07) is 11.8. The molecule has 1 aromatic carbocycles. The number of rotatable bonds is 9. The standard InChI is InChI=1S/C32H53NP2/c1-6-16-28(17-7-1)33(26-34(29-18-8-2-9-19-29)30-20-10-3-11-21-30)27-35(31-22-12-4-13-23-31)32-24-14-5-15-25-32/h1,6-7,16-17,29-32H,2-5,8-15,18-27H2. The van der Waals surface area contributed by atoms with Crippen molar-refractivity contribution in [3.8, 4) is 0 Å². The first kappa shape index (κ1) is 26.5. The van der Waals surface area contributed by atoms with Gasteiger partial charge in [0.05, 0.1) is 0 Å². The highest BCUT2D eigenvalue weighted by Gasteiger charge is 2.36. The summed E-state index contributed by atoms with van der Waals surface area (Å²) in [5.74, 6) is 0. The van der Waals surface area contributed by atoms with Crippen LogP contribution < -0.4 is 4.90 Å². The molecule has 4 fully saturated rings. The smallest absolute Gasteiger partial charge is 0.0385 e. The molecule has 3 heteroatoms. The van der Waals surface area contributed by atoms with Crippen molar-refractivity contribution >= 4 is 21.5 Å². The Morgan fingerprint density at radius 1 is 0.457 bits per heavy atom. The van der Waals surface area contributed by atoms with Crippen molar-refractivity contribution in [1.82, 2.24) is 0 Å². The van der Waals surface area contributed by atoms with E-state index in [9.17, 15) is 0 Å². The monoisotopic (exact) mass is 513 g/mol. The molecule has 0 heterocycles. The van der Waals surface area contributed by atoms with Crippen LogP contribution in [0.25, 0.3) is 0 Å². The zero-order valence-electron chi connectivity index (χ0n) is 22.6. The molecule has 1 aromatic rings. The minimum Gasteiger partial charge on any atom is -0.363 e. The highest BCUT2D eigenvalue weighted by atomic mass is 31.1. The van der Waals surface area contributed by atoms with Crippen molar-refractivity contribution in [3.05, 3.63) is 30.3 Å². The molecule has 5 rings (SSSR count). The highest BCUT2D eigenvalue weighted by Crippen LogP contribution is 2.60. The largest absolute Gasteiger partial charge is 0.363 e. The van der Waals surface area contributed by atoms with Gasteiger partial charge in [-0.3, -0.25) is 0 Å². The number of hydrogen-bond donors (Lipinski definition) is 0. The molecule has 4 saturated carbocycles. The number of nitrogens with zero attached hydrogens (tertiary/aromatic N) is 1. The van der Waals surface area contributed by atoms with Gasteiger partial charge in [-0.2, -0.15) is 0 Å². The second-order valence-electron chi connectivity index (χ2n) is 12.4. The summed E-state index contributed by atoms with van der Waals surface area (Å²) >= 11 is 0. The fourth-order valence-corrected chi connectivity index (χ4v) is 15.7.